The summed E-state index contributed by atoms with van der Waals surface area (Å²) in [6.45, 7) is 0. The van der Waals surface area contributed by atoms with Crippen molar-refractivity contribution in [1.29, 1.82) is 0 Å². The van der Waals surface area contributed by atoms with Crippen LogP contribution in [-0.2, 0) is 16.0 Å². The van der Waals surface area contributed by atoms with Crippen LogP contribution in [0.4, 0.5) is 5.69 Å². The van der Waals surface area contributed by atoms with E-state index in [2.05, 4.69) is 15.9 Å². The Morgan fingerprint density at radius 1 is 0.933 bits per heavy atom. The van der Waals surface area contributed by atoms with Crippen molar-refractivity contribution in [1.82, 2.24) is 0 Å². The SMILES string of the molecule is O=C(CCc1ccccc1)C1=C(O)C(=O)N(c2cccc(Br)c2)C1c1ccccc1. The van der Waals surface area contributed by atoms with Crippen molar-refractivity contribution >= 4 is 33.3 Å². The zero-order valence-corrected chi connectivity index (χ0v) is 17.7. The van der Waals surface area contributed by atoms with E-state index in [-0.39, 0.29) is 17.8 Å². The number of rotatable bonds is 6. The van der Waals surface area contributed by atoms with Gasteiger partial charge in [-0.05, 0) is 35.7 Å². The first-order valence-corrected chi connectivity index (χ1v) is 10.5. The molecule has 0 saturated heterocycles. The van der Waals surface area contributed by atoms with Crippen LogP contribution in [0.5, 0.6) is 0 Å². The smallest absolute Gasteiger partial charge is 0.294 e. The molecular formula is C25H20BrNO3. The maximum atomic E-state index is 13.2. The van der Waals surface area contributed by atoms with Crippen LogP contribution in [0.1, 0.15) is 23.6 Å². The number of anilines is 1. The van der Waals surface area contributed by atoms with Gasteiger partial charge in [-0.1, -0.05) is 82.7 Å². The van der Waals surface area contributed by atoms with Gasteiger partial charge in [0.05, 0.1) is 11.6 Å². The van der Waals surface area contributed by atoms with E-state index in [0.29, 0.717) is 12.1 Å². The number of aliphatic hydroxyl groups excluding tert-OH is 1. The first-order valence-electron chi connectivity index (χ1n) is 9.70. The average molecular weight is 462 g/mol. The van der Waals surface area contributed by atoms with E-state index in [9.17, 15) is 14.7 Å². The zero-order chi connectivity index (χ0) is 21.1. The van der Waals surface area contributed by atoms with Crippen LogP contribution in [0.15, 0.2) is 101 Å². The largest absolute Gasteiger partial charge is 0.503 e. The Bertz CT molecular complexity index is 1110. The number of nitrogens with zero attached hydrogens (tertiary/aromatic N) is 1. The molecule has 4 rings (SSSR count). The minimum absolute atomic E-state index is 0.155. The second-order valence-corrected chi connectivity index (χ2v) is 8.05. The Morgan fingerprint density at radius 3 is 2.27 bits per heavy atom. The summed E-state index contributed by atoms with van der Waals surface area (Å²) in [5.41, 5.74) is 2.58. The molecule has 0 spiro atoms. The van der Waals surface area contributed by atoms with Crippen molar-refractivity contribution < 1.29 is 14.7 Å². The molecule has 0 fully saturated rings. The van der Waals surface area contributed by atoms with E-state index in [1.165, 1.54) is 4.90 Å². The number of Topliss-reactive ketones (excluding diaryl/α,β-unsaturated/α-hetero) is 1. The van der Waals surface area contributed by atoms with Crippen molar-refractivity contribution in [2.75, 3.05) is 4.90 Å². The van der Waals surface area contributed by atoms with Crippen LogP contribution >= 0.6 is 15.9 Å². The molecule has 1 unspecified atom stereocenters. The zero-order valence-electron chi connectivity index (χ0n) is 16.2. The second kappa shape index (κ2) is 8.67. The number of hydrogen-bond donors (Lipinski definition) is 1. The predicted molar refractivity (Wildman–Crippen MR) is 120 cm³/mol. The third kappa shape index (κ3) is 3.94. The molecule has 5 heteroatoms. The lowest BCUT2D eigenvalue weighted by Gasteiger charge is -2.27. The fourth-order valence-corrected chi connectivity index (χ4v) is 4.16. The highest BCUT2D eigenvalue weighted by molar-refractivity contribution is 9.10. The summed E-state index contributed by atoms with van der Waals surface area (Å²) in [5.74, 6) is -1.26. The number of carbonyl (C=O) groups is 2. The molecule has 1 amide bonds. The molecule has 0 bridgehead atoms. The highest BCUT2D eigenvalue weighted by Gasteiger charge is 2.44. The maximum Gasteiger partial charge on any atom is 0.294 e. The number of aliphatic hydroxyl groups is 1. The van der Waals surface area contributed by atoms with Gasteiger partial charge in [0, 0.05) is 16.6 Å². The molecule has 1 N–H and O–H groups in total. The number of amides is 1. The van der Waals surface area contributed by atoms with Crippen LogP contribution < -0.4 is 4.90 Å². The number of hydrogen-bond acceptors (Lipinski definition) is 3. The average Bonchev–Trinajstić information content (AvgIpc) is 3.04. The van der Waals surface area contributed by atoms with Gasteiger partial charge >= 0.3 is 0 Å². The van der Waals surface area contributed by atoms with E-state index >= 15 is 0 Å². The summed E-state index contributed by atoms with van der Waals surface area (Å²) in [7, 11) is 0. The molecule has 1 atom stereocenters. The van der Waals surface area contributed by atoms with Gasteiger partial charge in [-0.2, -0.15) is 0 Å². The Labute approximate surface area is 183 Å². The predicted octanol–water partition coefficient (Wildman–Crippen LogP) is 5.55. The monoisotopic (exact) mass is 461 g/mol. The van der Waals surface area contributed by atoms with Crippen molar-refractivity contribution in [3.63, 3.8) is 0 Å². The highest BCUT2D eigenvalue weighted by Crippen LogP contribution is 2.41. The van der Waals surface area contributed by atoms with E-state index in [4.69, 9.17) is 0 Å². The van der Waals surface area contributed by atoms with Crippen LogP contribution in [0.25, 0.3) is 0 Å². The summed E-state index contributed by atoms with van der Waals surface area (Å²) in [6.07, 6.45) is 0.759. The molecule has 1 heterocycles. The first-order chi connectivity index (χ1) is 14.6. The number of benzene rings is 3. The van der Waals surface area contributed by atoms with Crippen molar-refractivity contribution in [3.05, 3.63) is 112 Å². The molecule has 4 nitrogen and oxygen atoms in total. The minimum Gasteiger partial charge on any atom is -0.503 e. The molecule has 0 saturated carbocycles. The Morgan fingerprint density at radius 2 is 1.60 bits per heavy atom. The molecule has 150 valence electrons. The van der Waals surface area contributed by atoms with Crippen LogP contribution in [0, 0.1) is 0 Å². The number of aryl methyl sites for hydroxylation is 1. The summed E-state index contributed by atoms with van der Waals surface area (Å²) >= 11 is 3.43. The Hall–Kier alpha value is -3.18. The molecule has 1 aliphatic rings. The summed E-state index contributed by atoms with van der Waals surface area (Å²) in [5, 5.41) is 10.7. The van der Waals surface area contributed by atoms with Gasteiger partial charge in [-0.3, -0.25) is 14.5 Å². The summed E-state index contributed by atoms with van der Waals surface area (Å²) < 4.78 is 0.808. The van der Waals surface area contributed by atoms with Crippen LogP contribution in [0.3, 0.4) is 0 Å². The minimum atomic E-state index is -0.670. The lowest BCUT2D eigenvalue weighted by Crippen LogP contribution is -2.31. The van der Waals surface area contributed by atoms with Crippen LogP contribution in [-0.4, -0.2) is 16.8 Å². The lowest BCUT2D eigenvalue weighted by atomic mass is 9.93. The van der Waals surface area contributed by atoms with Gasteiger partial charge in [0.1, 0.15) is 0 Å². The molecule has 0 radical (unpaired) electrons. The standard InChI is InChI=1S/C25H20BrNO3/c26-19-12-7-13-20(16-19)27-23(18-10-5-2-6-11-18)22(24(29)25(27)30)21(28)15-14-17-8-3-1-4-9-17/h1-13,16,23,29H,14-15H2. The Balaban J connectivity index is 1.72. The van der Waals surface area contributed by atoms with Crippen molar-refractivity contribution in [2.45, 2.75) is 18.9 Å². The lowest BCUT2D eigenvalue weighted by molar-refractivity contribution is -0.118. The second-order valence-electron chi connectivity index (χ2n) is 7.14. The number of ketones is 1. The molecule has 0 aliphatic carbocycles. The molecule has 3 aromatic carbocycles. The van der Waals surface area contributed by atoms with Crippen molar-refractivity contribution in [3.8, 4) is 0 Å². The summed E-state index contributed by atoms with van der Waals surface area (Å²) in [4.78, 5) is 27.7. The van der Waals surface area contributed by atoms with Gasteiger partial charge in [0.15, 0.2) is 11.5 Å². The molecule has 30 heavy (non-hydrogen) atoms. The Kier molecular flexibility index (Phi) is 5.81. The van der Waals surface area contributed by atoms with E-state index in [0.717, 1.165) is 15.6 Å². The third-order valence-corrected chi connectivity index (χ3v) is 5.69. The van der Waals surface area contributed by atoms with E-state index < -0.39 is 17.7 Å². The van der Waals surface area contributed by atoms with E-state index in [1.807, 2.05) is 72.8 Å². The first kappa shape index (κ1) is 20.1. The van der Waals surface area contributed by atoms with Crippen molar-refractivity contribution in [2.24, 2.45) is 0 Å². The fraction of sp³-hybridized carbons (Fsp3) is 0.120. The fourth-order valence-electron chi connectivity index (χ4n) is 3.77. The normalized spacial score (nSPS) is 16.2. The molecule has 0 aromatic heterocycles. The van der Waals surface area contributed by atoms with Gasteiger partial charge in [-0.25, -0.2) is 0 Å². The quantitative estimate of drug-likeness (QED) is 0.523. The molecule has 1 aliphatic heterocycles. The van der Waals surface area contributed by atoms with Crippen LogP contribution in [0.2, 0.25) is 0 Å². The van der Waals surface area contributed by atoms with Gasteiger partial charge in [0.25, 0.3) is 5.91 Å². The third-order valence-electron chi connectivity index (χ3n) is 5.19. The van der Waals surface area contributed by atoms with Gasteiger partial charge in [-0.15, -0.1) is 0 Å². The summed E-state index contributed by atoms with van der Waals surface area (Å²) in [6, 6.07) is 25.7. The van der Waals surface area contributed by atoms with Gasteiger partial charge < -0.3 is 5.11 Å². The molecular weight excluding hydrogens is 442 g/mol. The number of carbonyl (C=O) groups excluding carboxylic acids is 2. The number of halogens is 1. The molecule has 3 aromatic rings. The highest BCUT2D eigenvalue weighted by atomic mass is 79.9. The van der Waals surface area contributed by atoms with Gasteiger partial charge in [0.2, 0.25) is 0 Å². The maximum absolute atomic E-state index is 13.2. The van der Waals surface area contributed by atoms with E-state index in [1.54, 1.807) is 12.1 Å². The topological polar surface area (TPSA) is 57.6 Å².